The second-order valence-electron chi connectivity index (χ2n) is 4.78. The van der Waals surface area contributed by atoms with Gasteiger partial charge < -0.3 is 5.73 Å². The van der Waals surface area contributed by atoms with Gasteiger partial charge in [0.05, 0.1) is 22.1 Å². The second kappa shape index (κ2) is 4.71. The first kappa shape index (κ1) is 13.3. The molecule has 6 heteroatoms. The highest BCUT2D eigenvalue weighted by molar-refractivity contribution is 7.90. The second-order valence-corrected chi connectivity index (χ2v) is 8.10. The van der Waals surface area contributed by atoms with Gasteiger partial charge in [-0.05, 0) is 12.0 Å². The molecule has 0 fully saturated rings. The number of sulfone groups is 1. The van der Waals surface area contributed by atoms with Crippen LogP contribution in [0.1, 0.15) is 26.4 Å². The lowest BCUT2D eigenvalue weighted by Crippen LogP contribution is -2.19. The molecule has 0 unspecified atom stereocenters. The van der Waals surface area contributed by atoms with Crippen molar-refractivity contribution in [1.82, 2.24) is 0 Å². The van der Waals surface area contributed by atoms with E-state index in [4.69, 9.17) is 5.73 Å². The molecule has 0 saturated carbocycles. The molecule has 1 aromatic carbocycles. The number of hydrogen-bond acceptors (Lipinski definition) is 5. The monoisotopic (exact) mass is 307 g/mol. The van der Waals surface area contributed by atoms with Crippen LogP contribution in [0.4, 0.5) is 5.00 Å². The third kappa shape index (κ3) is 2.25. The van der Waals surface area contributed by atoms with Gasteiger partial charge in [0.25, 0.3) is 0 Å². The minimum Gasteiger partial charge on any atom is -0.390 e. The Kier molecular flexibility index (Phi) is 3.14. The molecule has 1 aliphatic rings. The fourth-order valence-corrected chi connectivity index (χ4v) is 5.35. The molecule has 4 nitrogen and oxygen atoms in total. The average Bonchev–Trinajstić information content (AvgIpc) is 2.72. The average molecular weight is 307 g/mol. The molecule has 20 heavy (non-hydrogen) atoms. The molecule has 2 heterocycles. The Morgan fingerprint density at radius 3 is 2.60 bits per heavy atom. The predicted octanol–water partition coefficient (Wildman–Crippen LogP) is 2.03. The first-order valence-electron chi connectivity index (χ1n) is 6.18. The summed E-state index contributed by atoms with van der Waals surface area (Å²) in [7, 11) is -3.05. The molecule has 0 saturated heterocycles. The van der Waals surface area contributed by atoms with Gasteiger partial charge in [-0.15, -0.1) is 11.3 Å². The van der Waals surface area contributed by atoms with Crippen LogP contribution in [-0.2, 0) is 22.0 Å². The topological polar surface area (TPSA) is 77.2 Å². The maximum absolute atomic E-state index is 12.5. The van der Waals surface area contributed by atoms with Crippen LogP contribution in [0.25, 0.3) is 0 Å². The third-order valence-electron chi connectivity index (χ3n) is 3.40. The number of carbonyl (C=O) groups is 1. The molecule has 2 aromatic rings. The lowest BCUT2D eigenvalue weighted by molar-refractivity contribution is 0.103. The standard InChI is InChI=1S/C14H13NO3S2/c15-14-12(13(16)9-4-2-1-3-5-9)10-6-7-20(17,18)8-11(10)19-14/h1-5H,6-8,15H2. The van der Waals surface area contributed by atoms with Gasteiger partial charge in [-0.25, -0.2) is 8.42 Å². The Bertz CT molecular complexity index is 776. The highest BCUT2D eigenvalue weighted by Gasteiger charge is 2.30. The first-order valence-corrected chi connectivity index (χ1v) is 8.82. The number of fused-ring (bicyclic) bond motifs is 1. The van der Waals surface area contributed by atoms with Crippen molar-refractivity contribution in [3.63, 3.8) is 0 Å². The molecule has 3 rings (SSSR count). The molecule has 1 aromatic heterocycles. The fraction of sp³-hybridized carbons (Fsp3) is 0.214. The minimum atomic E-state index is -3.05. The van der Waals surface area contributed by atoms with Crippen molar-refractivity contribution in [2.45, 2.75) is 12.2 Å². The zero-order valence-corrected chi connectivity index (χ0v) is 12.3. The summed E-state index contributed by atoms with van der Waals surface area (Å²) in [4.78, 5) is 13.3. The van der Waals surface area contributed by atoms with Crippen LogP contribution in [0.5, 0.6) is 0 Å². The zero-order chi connectivity index (χ0) is 14.3. The van der Waals surface area contributed by atoms with Crippen LogP contribution in [0.3, 0.4) is 0 Å². The highest BCUT2D eigenvalue weighted by atomic mass is 32.2. The SMILES string of the molecule is Nc1sc2c(c1C(=O)c1ccccc1)CCS(=O)(=O)C2. The fourth-order valence-electron chi connectivity index (χ4n) is 2.43. The number of rotatable bonds is 2. The molecule has 1 aliphatic heterocycles. The number of nitrogen functional groups attached to an aromatic ring is 1. The molecular formula is C14H13NO3S2. The van der Waals surface area contributed by atoms with Crippen LogP contribution < -0.4 is 5.73 Å². The number of anilines is 1. The van der Waals surface area contributed by atoms with Crippen LogP contribution in [0.2, 0.25) is 0 Å². The van der Waals surface area contributed by atoms with Crippen molar-refractivity contribution < 1.29 is 13.2 Å². The Hall–Kier alpha value is -1.66. The Morgan fingerprint density at radius 2 is 1.90 bits per heavy atom. The van der Waals surface area contributed by atoms with Crippen molar-refractivity contribution in [3.05, 3.63) is 51.9 Å². The number of carbonyl (C=O) groups excluding carboxylic acids is 1. The lowest BCUT2D eigenvalue weighted by Gasteiger charge is -2.13. The molecule has 0 bridgehead atoms. The summed E-state index contributed by atoms with van der Waals surface area (Å²) in [6, 6.07) is 8.92. The Balaban J connectivity index is 2.08. The van der Waals surface area contributed by atoms with Gasteiger partial charge in [0.1, 0.15) is 0 Å². The third-order valence-corrected chi connectivity index (χ3v) is 6.19. The quantitative estimate of drug-likeness (QED) is 0.861. The van der Waals surface area contributed by atoms with Crippen molar-refractivity contribution in [2.75, 3.05) is 11.5 Å². The van der Waals surface area contributed by atoms with E-state index >= 15 is 0 Å². The number of hydrogen-bond donors (Lipinski definition) is 1. The van der Waals surface area contributed by atoms with Gasteiger partial charge >= 0.3 is 0 Å². The highest BCUT2D eigenvalue weighted by Crippen LogP contribution is 2.37. The predicted molar refractivity (Wildman–Crippen MR) is 79.8 cm³/mol. The molecule has 0 radical (unpaired) electrons. The molecule has 0 amide bonds. The van der Waals surface area contributed by atoms with Gasteiger partial charge in [0.15, 0.2) is 15.6 Å². The summed E-state index contributed by atoms with van der Waals surface area (Å²) in [6.45, 7) is 0. The summed E-state index contributed by atoms with van der Waals surface area (Å²) in [5.74, 6) is -0.0373. The van der Waals surface area contributed by atoms with Crippen molar-refractivity contribution in [2.24, 2.45) is 0 Å². The van der Waals surface area contributed by atoms with E-state index in [1.807, 2.05) is 6.07 Å². The number of ketones is 1. The van der Waals surface area contributed by atoms with E-state index in [2.05, 4.69) is 0 Å². The maximum atomic E-state index is 12.5. The van der Waals surface area contributed by atoms with Crippen molar-refractivity contribution in [3.8, 4) is 0 Å². The number of nitrogens with two attached hydrogens (primary N) is 1. The summed E-state index contributed by atoms with van der Waals surface area (Å²) in [6.07, 6.45) is 0.374. The van der Waals surface area contributed by atoms with Crippen LogP contribution in [-0.4, -0.2) is 20.0 Å². The largest absolute Gasteiger partial charge is 0.390 e. The van der Waals surface area contributed by atoms with Crippen LogP contribution >= 0.6 is 11.3 Å². The summed E-state index contributed by atoms with van der Waals surface area (Å²) >= 11 is 1.22. The molecule has 2 N–H and O–H groups in total. The smallest absolute Gasteiger partial charge is 0.196 e. The van der Waals surface area contributed by atoms with Crippen LogP contribution in [0.15, 0.2) is 30.3 Å². The van der Waals surface area contributed by atoms with E-state index in [1.165, 1.54) is 11.3 Å². The lowest BCUT2D eigenvalue weighted by atomic mass is 9.99. The van der Waals surface area contributed by atoms with Gasteiger partial charge in [-0.3, -0.25) is 4.79 Å². The van der Waals surface area contributed by atoms with Gasteiger partial charge in [-0.2, -0.15) is 0 Å². The van der Waals surface area contributed by atoms with Gasteiger partial charge in [-0.1, -0.05) is 30.3 Å². The molecular weight excluding hydrogens is 294 g/mol. The molecule has 0 spiro atoms. The Labute approximate surface area is 121 Å². The van der Waals surface area contributed by atoms with E-state index in [0.29, 0.717) is 27.4 Å². The summed E-state index contributed by atoms with van der Waals surface area (Å²) in [5.41, 5.74) is 7.84. The van der Waals surface area contributed by atoms with Crippen molar-refractivity contribution in [1.29, 1.82) is 0 Å². The summed E-state index contributed by atoms with van der Waals surface area (Å²) in [5, 5.41) is 0.418. The van der Waals surface area contributed by atoms with Gasteiger partial charge in [0.2, 0.25) is 0 Å². The first-order chi connectivity index (χ1) is 9.48. The van der Waals surface area contributed by atoms with Crippen LogP contribution in [0, 0.1) is 0 Å². The number of thiophene rings is 1. The van der Waals surface area contributed by atoms with E-state index in [9.17, 15) is 13.2 Å². The number of benzene rings is 1. The van der Waals surface area contributed by atoms with E-state index in [0.717, 1.165) is 5.56 Å². The molecule has 0 atom stereocenters. The van der Waals surface area contributed by atoms with E-state index in [1.54, 1.807) is 24.3 Å². The van der Waals surface area contributed by atoms with Crippen molar-refractivity contribution >= 4 is 32.0 Å². The zero-order valence-electron chi connectivity index (χ0n) is 10.6. The maximum Gasteiger partial charge on any atom is 0.196 e. The molecule has 104 valence electrons. The minimum absolute atomic E-state index is 0.000725. The normalized spacial score (nSPS) is 16.6. The van der Waals surface area contributed by atoms with Gasteiger partial charge in [0, 0.05) is 10.4 Å². The van der Waals surface area contributed by atoms with E-state index in [-0.39, 0.29) is 17.3 Å². The Morgan fingerprint density at radius 1 is 1.20 bits per heavy atom. The van der Waals surface area contributed by atoms with E-state index < -0.39 is 9.84 Å². The summed E-state index contributed by atoms with van der Waals surface area (Å²) < 4.78 is 23.3. The molecule has 0 aliphatic carbocycles.